The molecule has 4 nitrogen and oxygen atoms in total. The number of rotatable bonds is 5. The first kappa shape index (κ1) is 15.3. The third-order valence-electron chi connectivity index (χ3n) is 3.73. The third kappa shape index (κ3) is 3.96. The molecule has 1 aliphatic rings. The lowest BCUT2D eigenvalue weighted by molar-refractivity contribution is 0.582. The van der Waals surface area contributed by atoms with E-state index in [1.54, 1.807) is 19.1 Å². The van der Waals surface area contributed by atoms with Crippen LogP contribution in [0.3, 0.4) is 0 Å². The number of hydrogen-bond acceptors (Lipinski definition) is 3. The molecule has 5 heteroatoms. The first-order valence-electron chi connectivity index (χ1n) is 7.48. The molecule has 1 aromatic rings. The quantitative estimate of drug-likeness (QED) is 0.821. The van der Waals surface area contributed by atoms with E-state index in [0.29, 0.717) is 17.5 Å². The van der Waals surface area contributed by atoms with E-state index < -0.39 is 10.0 Å². The zero-order chi connectivity index (χ0) is 14.4. The van der Waals surface area contributed by atoms with E-state index in [1.807, 2.05) is 12.1 Å². The van der Waals surface area contributed by atoms with Crippen molar-refractivity contribution in [2.24, 2.45) is 0 Å². The fourth-order valence-electron chi connectivity index (χ4n) is 2.73. The standard InChI is InChI=1S/C15H24N2O2S/c1-2-16-20(18,19)15-12-8-7-11-14(15)17-13-9-5-3-4-6-10-13/h7-8,11-13,16-17H,2-6,9-10H2,1H3. The molecule has 1 aliphatic carbocycles. The Hall–Kier alpha value is -1.07. The van der Waals surface area contributed by atoms with E-state index in [0.717, 1.165) is 18.5 Å². The molecule has 0 amide bonds. The number of sulfonamides is 1. The summed E-state index contributed by atoms with van der Waals surface area (Å²) in [6.07, 6.45) is 7.26. The summed E-state index contributed by atoms with van der Waals surface area (Å²) in [4.78, 5) is 0.353. The second kappa shape index (κ2) is 7.09. The van der Waals surface area contributed by atoms with Gasteiger partial charge in [-0.25, -0.2) is 13.1 Å². The molecule has 0 aromatic heterocycles. The lowest BCUT2D eigenvalue weighted by atomic mass is 10.1. The zero-order valence-electron chi connectivity index (χ0n) is 12.1. The topological polar surface area (TPSA) is 58.2 Å². The summed E-state index contributed by atoms with van der Waals surface area (Å²) in [6, 6.07) is 7.55. The molecule has 0 aliphatic heterocycles. The van der Waals surface area contributed by atoms with Gasteiger partial charge < -0.3 is 5.32 Å². The van der Waals surface area contributed by atoms with Gasteiger partial charge in [-0.15, -0.1) is 0 Å². The number of para-hydroxylation sites is 1. The maximum absolute atomic E-state index is 12.2. The van der Waals surface area contributed by atoms with E-state index in [1.165, 1.54) is 25.7 Å². The predicted octanol–water partition coefficient (Wildman–Crippen LogP) is 3.12. The number of nitrogens with one attached hydrogen (secondary N) is 2. The molecule has 0 radical (unpaired) electrons. The van der Waals surface area contributed by atoms with Crippen LogP contribution in [-0.2, 0) is 10.0 Å². The zero-order valence-corrected chi connectivity index (χ0v) is 12.9. The maximum atomic E-state index is 12.2. The predicted molar refractivity (Wildman–Crippen MR) is 82.4 cm³/mol. The van der Waals surface area contributed by atoms with Gasteiger partial charge in [-0.2, -0.15) is 0 Å². The van der Waals surface area contributed by atoms with Crippen molar-refractivity contribution >= 4 is 15.7 Å². The van der Waals surface area contributed by atoms with Gasteiger partial charge in [-0.1, -0.05) is 44.7 Å². The lowest BCUT2D eigenvalue weighted by Crippen LogP contribution is -2.26. The molecule has 0 atom stereocenters. The van der Waals surface area contributed by atoms with Crippen molar-refractivity contribution in [2.45, 2.75) is 56.4 Å². The minimum Gasteiger partial charge on any atom is -0.381 e. The van der Waals surface area contributed by atoms with E-state index in [4.69, 9.17) is 0 Å². The molecule has 1 fully saturated rings. The first-order chi connectivity index (χ1) is 9.63. The Labute approximate surface area is 122 Å². The third-order valence-corrected chi connectivity index (χ3v) is 5.33. The van der Waals surface area contributed by atoms with Crippen LogP contribution >= 0.6 is 0 Å². The Morgan fingerprint density at radius 2 is 1.75 bits per heavy atom. The summed E-state index contributed by atoms with van der Waals surface area (Å²) in [5, 5.41) is 3.43. The number of benzene rings is 1. The fourth-order valence-corrected chi connectivity index (χ4v) is 3.94. The molecule has 0 bridgehead atoms. The van der Waals surface area contributed by atoms with E-state index in [-0.39, 0.29) is 0 Å². The molecule has 2 N–H and O–H groups in total. The van der Waals surface area contributed by atoms with Crippen LogP contribution in [-0.4, -0.2) is 21.0 Å². The molecule has 0 spiro atoms. The highest BCUT2D eigenvalue weighted by atomic mass is 32.2. The van der Waals surface area contributed by atoms with Crippen molar-refractivity contribution in [1.29, 1.82) is 0 Å². The maximum Gasteiger partial charge on any atom is 0.242 e. The summed E-state index contributed by atoms with van der Waals surface area (Å²) < 4.78 is 27.0. The van der Waals surface area contributed by atoms with Crippen molar-refractivity contribution in [2.75, 3.05) is 11.9 Å². The van der Waals surface area contributed by atoms with Gasteiger partial charge in [0.1, 0.15) is 4.90 Å². The van der Waals surface area contributed by atoms with Crippen LogP contribution < -0.4 is 10.0 Å². The monoisotopic (exact) mass is 296 g/mol. The molecule has 0 unspecified atom stereocenters. The van der Waals surface area contributed by atoms with Gasteiger partial charge in [-0.3, -0.25) is 0 Å². The Balaban J connectivity index is 2.19. The summed E-state index contributed by atoms with van der Waals surface area (Å²) in [7, 11) is -3.41. The van der Waals surface area contributed by atoms with Gasteiger partial charge in [0.05, 0.1) is 5.69 Å². The van der Waals surface area contributed by atoms with Crippen LogP contribution in [0.15, 0.2) is 29.2 Å². The molecule has 2 rings (SSSR count). The van der Waals surface area contributed by atoms with Crippen molar-refractivity contribution in [1.82, 2.24) is 4.72 Å². The largest absolute Gasteiger partial charge is 0.381 e. The van der Waals surface area contributed by atoms with Crippen LogP contribution in [0.1, 0.15) is 45.4 Å². The molecule has 112 valence electrons. The van der Waals surface area contributed by atoms with Gasteiger partial charge in [-0.05, 0) is 25.0 Å². The molecule has 0 saturated heterocycles. The summed E-state index contributed by atoms with van der Waals surface area (Å²) in [5.74, 6) is 0. The van der Waals surface area contributed by atoms with Gasteiger partial charge in [0, 0.05) is 12.6 Å². The van der Waals surface area contributed by atoms with Crippen molar-refractivity contribution in [3.63, 3.8) is 0 Å². The molecular formula is C15H24N2O2S. The lowest BCUT2D eigenvalue weighted by Gasteiger charge is -2.20. The Bertz CT molecular complexity index is 520. The SMILES string of the molecule is CCNS(=O)(=O)c1ccccc1NC1CCCCCC1. The van der Waals surface area contributed by atoms with Crippen molar-refractivity contribution in [3.8, 4) is 0 Å². The van der Waals surface area contributed by atoms with Crippen LogP contribution in [0.4, 0.5) is 5.69 Å². The molecule has 20 heavy (non-hydrogen) atoms. The van der Waals surface area contributed by atoms with Crippen LogP contribution in [0.2, 0.25) is 0 Å². The Morgan fingerprint density at radius 1 is 1.10 bits per heavy atom. The van der Waals surface area contributed by atoms with E-state index in [9.17, 15) is 8.42 Å². The van der Waals surface area contributed by atoms with Crippen molar-refractivity contribution in [3.05, 3.63) is 24.3 Å². The number of anilines is 1. The molecule has 1 saturated carbocycles. The second-order valence-electron chi connectivity index (χ2n) is 5.33. The molecular weight excluding hydrogens is 272 g/mol. The van der Waals surface area contributed by atoms with Gasteiger partial charge in [0.2, 0.25) is 10.0 Å². The normalized spacial score (nSPS) is 17.6. The van der Waals surface area contributed by atoms with Crippen molar-refractivity contribution < 1.29 is 8.42 Å². The van der Waals surface area contributed by atoms with Gasteiger partial charge in [0.15, 0.2) is 0 Å². The van der Waals surface area contributed by atoms with Crippen LogP contribution in [0.25, 0.3) is 0 Å². The van der Waals surface area contributed by atoms with Crippen LogP contribution in [0.5, 0.6) is 0 Å². The summed E-state index contributed by atoms with van der Waals surface area (Å²) >= 11 is 0. The molecule has 1 aromatic carbocycles. The average Bonchev–Trinajstić information content (AvgIpc) is 2.68. The summed E-state index contributed by atoms with van der Waals surface area (Å²) in [6.45, 7) is 2.19. The van der Waals surface area contributed by atoms with E-state index in [2.05, 4.69) is 10.0 Å². The van der Waals surface area contributed by atoms with Crippen LogP contribution in [0, 0.1) is 0 Å². The highest BCUT2D eigenvalue weighted by molar-refractivity contribution is 7.89. The highest BCUT2D eigenvalue weighted by Crippen LogP contribution is 2.25. The summed E-state index contributed by atoms with van der Waals surface area (Å²) in [5.41, 5.74) is 0.723. The first-order valence-corrected chi connectivity index (χ1v) is 8.97. The minimum atomic E-state index is -3.41. The Kier molecular flexibility index (Phi) is 5.43. The minimum absolute atomic E-state index is 0.353. The molecule has 0 heterocycles. The average molecular weight is 296 g/mol. The highest BCUT2D eigenvalue weighted by Gasteiger charge is 2.19. The second-order valence-corrected chi connectivity index (χ2v) is 7.07. The van der Waals surface area contributed by atoms with Gasteiger partial charge in [0.25, 0.3) is 0 Å². The smallest absolute Gasteiger partial charge is 0.242 e. The fraction of sp³-hybridized carbons (Fsp3) is 0.600. The van der Waals surface area contributed by atoms with E-state index >= 15 is 0 Å². The Morgan fingerprint density at radius 3 is 2.40 bits per heavy atom. The number of hydrogen-bond donors (Lipinski definition) is 2. The van der Waals surface area contributed by atoms with Gasteiger partial charge >= 0.3 is 0 Å².